The van der Waals surface area contributed by atoms with E-state index in [-0.39, 0.29) is 11.6 Å². The zero-order chi connectivity index (χ0) is 25.9. The summed E-state index contributed by atoms with van der Waals surface area (Å²) in [6.45, 7) is 10.8. The first-order valence-corrected chi connectivity index (χ1v) is 12.2. The number of aliphatic hydroxyl groups is 1. The molecule has 0 amide bonds. The molecule has 0 aliphatic rings. The van der Waals surface area contributed by atoms with Crippen molar-refractivity contribution in [3.8, 4) is 17.5 Å². The van der Waals surface area contributed by atoms with Gasteiger partial charge in [-0.25, -0.2) is 15.0 Å². The summed E-state index contributed by atoms with van der Waals surface area (Å²) in [5, 5.41) is 26.9. The van der Waals surface area contributed by atoms with Crippen LogP contribution in [-0.4, -0.2) is 36.5 Å². The molecular formula is C28H33N7O. The molecule has 36 heavy (non-hydrogen) atoms. The maximum atomic E-state index is 10.5. The predicted octanol–water partition coefficient (Wildman–Crippen LogP) is 4.82. The topological polar surface area (TPSA) is 111 Å². The van der Waals surface area contributed by atoms with Crippen LogP contribution in [0.3, 0.4) is 0 Å². The van der Waals surface area contributed by atoms with Crippen LogP contribution in [0.25, 0.3) is 17.0 Å². The Morgan fingerprint density at radius 1 is 1.08 bits per heavy atom. The fraction of sp³-hybridized carbons (Fsp3) is 0.357. The van der Waals surface area contributed by atoms with Crippen LogP contribution in [0.15, 0.2) is 55.0 Å². The molecule has 8 nitrogen and oxygen atoms in total. The lowest BCUT2D eigenvalue weighted by atomic mass is 10.0. The fourth-order valence-electron chi connectivity index (χ4n) is 4.05. The molecule has 0 saturated heterocycles. The zero-order valence-corrected chi connectivity index (χ0v) is 21.4. The number of hydrogen-bond donors (Lipinski definition) is 3. The number of nitrogens with zero attached hydrogens (tertiary/aromatic N) is 5. The maximum absolute atomic E-state index is 10.5. The summed E-state index contributed by atoms with van der Waals surface area (Å²) in [5.74, 6) is 0.427. The molecule has 0 aliphatic carbocycles. The van der Waals surface area contributed by atoms with E-state index in [9.17, 15) is 10.4 Å². The average Bonchev–Trinajstić information content (AvgIpc) is 3.31. The van der Waals surface area contributed by atoms with E-state index in [1.54, 1.807) is 12.4 Å². The van der Waals surface area contributed by atoms with Crippen molar-refractivity contribution in [1.82, 2.24) is 24.7 Å². The lowest BCUT2D eigenvalue weighted by molar-refractivity contribution is 0.163. The lowest BCUT2D eigenvalue weighted by Gasteiger charge is -2.23. The van der Waals surface area contributed by atoms with Gasteiger partial charge in [0.25, 0.3) is 0 Å². The standard InChI is InChI=1S/C28H33N7O/c1-6-19-8-7-13-35-23(16-30-26(19)35)25-22(14-29)15-31-27(34-25)33-18(2)20-9-11-21(12-10-20)24(36)17-32-28(3,4)5/h7-13,15-16,18,24,32,36H,6,17H2,1-5H3,(H,31,33,34)/t18?,24-/m1/s1. The SMILES string of the molecule is CCc1cccn2c(-c3nc(NC(C)c4ccc([C@H](O)CNC(C)(C)C)cc4)ncc3C#N)cnc12. The van der Waals surface area contributed by atoms with Crippen LogP contribution in [0.5, 0.6) is 0 Å². The van der Waals surface area contributed by atoms with Crippen LogP contribution in [0.1, 0.15) is 69.0 Å². The van der Waals surface area contributed by atoms with E-state index in [1.165, 1.54) is 0 Å². The minimum Gasteiger partial charge on any atom is -0.387 e. The Balaban J connectivity index is 1.54. The van der Waals surface area contributed by atoms with Crippen molar-refractivity contribution in [3.63, 3.8) is 0 Å². The first-order chi connectivity index (χ1) is 17.2. The Hall–Kier alpha value is -3.80. The van der Waals surface area contributed by atoms with Crippen molar-refractivity contribution in [3.05, 3.63) is 77.2 Å². The molecule has 186 valence electrons. The minimum absolute atomic E-state index is 0.0547. The van der Waals surface area contributed by atoms with E-state index in [4.69, 9.17) is 4.98 Å². The van der Waals surface area contributed by atoms with Gasteiger partial charge in [0, 0.05) is 18.3 Å². The van der Waals surface area contributed by atoms with Crippen LogP contribution in [0, 0.1) is 11.3 Å². The van der Waals surface area contributed by atoms with Crippen LogP contribution in [-0.2, 0) is 6.42 Å². The third kappa shape index (κ3) is 5.54. The zero-order valence-electron chi connectivity index (χ0n) is 21.4. The number of pyridine rings is 1. The molecule has 1 aromatic carbocycles. The number of hydrogen-bond acceptors (Lipinski definition) is 7. The second-order valence-electron chi connectivity index (χ2n) is 9.97. The van der Waals surface area contributed by atoms with Crippen LogP contribution in [0.4, 0.5) is 5.95 Å². The number of fused-ring (bicyclic) bond motifs is 1. The maximum Gasteiger partial charge on any atom is 0.223 e. The number of aryl methyl sites for hydroxylation is 1. The Kier molecular flexibility index (Phi) is 7.34. The number of nitriles is 1. The van der Waals surface area contributed by atoms with Crippen molar-refractivity contribution in [2.75, 3.05) is 11.9 Å². The molecule has 0 spiro atoms. The molecule has 0 aliphatic heterocycles. The van der Waals surface area contributed by atoms with E-state index >= 15 is 0 Å². The van der Waals surface area contributed by atoms with Gasteiger partial charge in [0.15, 0.2) is 0 Å². The summed E-state index contributed by atoms with van der Waals surface area (Å²) in [7, 11) is 0. The van der Waals surface area contributed by atoms with Crippen molar-refractivity contribution in [2.24, 2.45) is 0 Å². The smallest absolute Gasteiger partial charge is 0.223 e. The molecular weight excluding hydrogens is 450 g/mol. The number of imidazole rings is 1. The summed E-state index contributed by atoms with van der Waals surface area (Å²) in [4.78, 5) is 13.6. The van der Waals surface area contributed by atoms with E-state index < -0.39 is 6.10 Å². The van der Waals surface area contributed by atoms with E-state index in [0.29, 0.717) is 23.8 Å². The Bertz CT molecular complexity index is 1380. The van der Waals surface area contributed by atoms with Gasteiger partial charge in [-0.3, -0.25) is 4.40 Å². The summed E-state index contributed by atoms with van der Waals surface area (Å²) >= 11 is 0. The van der Waals surface area contributed by atoms with Crippen LogP contribution >= 0.6 is 0 Å². The van der Waals surface area contributed by atoms with E-state index in [1.807, 2.05) is 47.9 Å². The van der Waals surface area contributed by atoms with Gasteiger partial charge in [-0.1, -0.05) is 37.3 Å². The third-order valence-corrected chi connectivity index (χ3v) is 6.14. The second kappa shape index (κ2) is 10.4. The third-order valence-electron chi connectivity index (χ3n) is 6.14. The van der Waals surface area contributed by atoms with Crippen molar-refractivity contribution < 1.29 is 5.11 Å². The highest BCUT2D eigenvalue weighted by Crippen LogP contribution is 2.26. The number of rotatable bonds is 8. The van der Waals surface area contributed by atoms with Gasteiger partial charge < -0.3 is 15.7 Å². The molecule has 0 bridgehead atoms. The number of anilines is 1. The summed E-state index contributed by atoms with van der Waals surface area (Å²) in [5.41, 5.74) is 5.50. The molecule has 3 N–H and O–H groups in total. The molecule has 3 heterocycles. The minimum atomic E-state index is -0.579. The van der Waals surface area contributed by atoms with Gasteiger partial charge in [0.2, 0.25) is 5.95 Å². The molecule has 0 radical (unpaired) electrons. The summed E-state index contributed by atoms with van der Waals surface area (Å²) in [6.07, 6.45) is 5.52. The molecule has 4 aromatic rings. The molecule has 0 saturated carbocycles. The number of aromatic nitrogens is 4. The highest BCUT2D eigenvalue weighted by Gasteiger charge is 2.17. The van der Waals surface area contributed by atoms with Crippen molar-refractivity contribution >= 4 is 11.6 Å². The average molecular weight is 484 g/mol. The summed E-state index contributed by atoms with van der Waals surface area (Å²) < 4.78 is 1.97. The van der Waals surface area contributed by atoms with Crippen LogP contribution in [0.2, 0.25) is 0 Å². The highest BCUT2D eigenvalue weighted by atomic mass is 16.3. The monoisotopic (exact) mass is 483 g/mol. The molecule has 3 aromatic heterocycles. The quantitative estimate of drug-likeness (QED) is 0.329. The normalized spacial score (nSPS) is 13.4. The van der Waals surface area contributed by atoms with Gasteiger partial charge in [0.05, 0.1) is 35.8 Å². The first-order valence-electron chi connectivity index (χ1n) is 12.2. The van der Waals surface area contributed by atoms with E-state index in [0.717, 1.165) is 34.5 Å². The van der Waals surface area contributed by atoms with Gasteiger partial charge in [-0.15, -0.1) is 0 Å². The molecule has 2 atom stereocenters. The van der Waals surface area contributed by atoms with Gasteiger partial charge in [0.1, 0.15) is 17.4 Å². The molecule has 1 unspecified atom stereocenters. The molecule has 8 heteroatoms. The lowest BCUT2D eigenvalue weighted by Crippen LogP contribution is -2.38. The predicted molar refractivity (Wildman–Crippen MR) is 142 cm³/mol. The van der Waals surface area contributed by atoms with Gasteiger partial charge >= 0.3 is 0 Å². The number of aliphatic hydroxyl groups excluding tert-OH is 1. The largest absolute Gasteiger partial charge is 0.387 e. The number of nitrogens with one attached hydrogen (secondary N) is 2. The Morgan fingerprint density at radius 3 is 2.47 bits per heavy atom. The molecule has 4 rings (SSSR count). The van der Waals surface area contributed by atoms with E-state index in [2.05, 4.69) is 60.4 Å². The highest BCUT2D eigenvalue weighted by molar-refractivity contribution is 5.68. The van der Waals surface area contributed by atoms with Gasteiger partial charge in [-0.2, -0.15) is 5.26 Å². The number of benzene rings is 1. The summed E-state index contributed by atoms with van der Waals surface area (Å²) in [6, 6.07) is 14.0. The molecule has 0 fully saturated rings. The van der Waals surface area contributed by atoms with Crippen molar-refractivity contribution in [2.45, 2.75) is 58.7 Å². The first kappa shape index (κ1) is 25.3. The fourth-order valence-corrected chi connectivity index (χ4v) is 4.05. The number of β-amino-alcohol motifs (C(OH)–C–C–N with tert-alkyl or cyclic N) is 1. The Morgan fingerprint density at radius 2 is 1.81 bits per heavy atom. The Labute approximate surface area is 212 Å². The van der Waals surface area contributed by atoms with Gasteiger partial charge in [-0.05, 0) is 56.9 Å². The van der Waals surface area contributed by atoms with Crippen LogP contribution < -0.4 is 10.6 Å². The second-order valence-corrected chi connectivity index (χ2v) is 9.97. The van der Waals surface area contributed by atoms with Crippen molar-refractivity contribution in [1.29, 1.82) is 5.26 Å².